The molecule has 1 amide bonds. The van der Waals surface area contributed by atoms with Gasteiger partial charge in [0.2, 0.25) is 5.95 Å². The number of nitrogens with zero attached hydrogens (tertiary/aromatic N) is 6. The highest BCUT2D eigenvalue weighted by Crippen LogP contribution is 2.44. The molecule has 0 spiro atoms. The molecule has 1 atom stereocenters. The van der Waals surface area contributed by atoms with Crippen molar-refractivity contribution < 1.29 is 18.0 Å². The van der Waals surface area contributed by atoms with E-state index in [1.165, 1.54) is 28.9 Å². The van der Waals surface area contributed by atoms with Crippen LogP contribution in [-0.4, -0.2) is 43.1 Å². The van der Waals surface area contributed by atoms with Crippen LogP contribution in [-0.2, 0) is 18.1 Å². The minimum absolute atomic E-state index is 0.0152. The second-order valence-electron chi connectivity index (χ2n) is 9.38. The van der Waals surface area contributed by atoms with Crippen molar-refractivity contribution in [1.29, 1.82) is 0 Å². The summed E-state index contributed by atoms with van der Waals surface area (Å²) < 4.78 is 43.2. The van der Waals surface area contributed by atoms with Crippen LogP contribution in [0, 0.1) is 0 Å². The number of aromatic nitrogens is 5. The third kappa shape index (κ3) is 3.52. The number of halogens is 4. The highest BCUT2D eigenvalue weighted by Gasteiger charge is 2.49. The van der Waals surface area contributed by atoms with E-state index in [-0.39, 0.29) is 45.3 Å². The topological polar surface area (TPSA) is 123 Å². The average Bonchev–Trinajstić information content (AvgIpc) is 3.23. The Labute approximate surface area is 217 Å². The summed E-state index contributed by atoms with van der Waals surface area (Å²) in [6, 6.07) is 5.93. The van der Waals surface area contributed by atoms with Crippen molar-refractivity contribution in [2.75, 3.05) is 23.7 Å². The summed E-state index contributed by atoms with van der Waals surface area (Å²) in [6.07, 6.45) is -2.20. The number of hydrogen-bond donors (Lipinski definition) is 2. The van der Waals surface area contributed by atoms with E-state index in [0.29, 0.717) is 31.6 Å². The van der Waals surface area contributed by atoms with Gasteiger partial charge in [-0.25, -0.2) is 9.50 Å². The molecule has 4 aromatic rings. The highest BCUT2D eigenvalue weighted by atomic mass is 35.5. The summed E-state index contributed by atoms with van der Waals surface area (Å²) in [4.78, 5) is 36.9. The van der Waals surface area contributed by atoms with E-state index in [1.807, 2.05) is 0 Å². The maximum absolute atomic E-state index is 13.8. The number of carbonyl (C=O) groups excluding carboxylic acids is 1. The molecule has 10 nitrogen and oxygen atoms in total. The SMILES string of the molecule is C[C@@]1(c2nn3ccc(Cl)c3c(=O)n2-c2cccc(C(F)(F)F)c2)CCN1c1nc(N)nc2c1C(=O)NCC2. The molecule has 2 aliphatic rings. The number of rotatable bonds is 3. The molecule has 196 valence electrons. The van der Waals surface area contributed by atoms with E-state index in [9.17, 15) is 22.8 Å². The lowest BCUT2D eigenvalue weighted by Crippen LogP contribution is -2.59. The van der Waals surface area contributed by atoms with Crippen molar-refractivity contribution in [2.24, 2.45) is 0 Å². The standard InChI is InChI=1S/C24H20ClF3N8O2/c1-23(7-10-34(23)18-16-15(31-22(29)32-18)5-8-30-19(16)37)21-33-35-9-6-14(25)17(35)20(38)36(21)13-4-2-3-12(11-13)24(26,27)28/h2-4,6,9,11H,5,7-8,10H2,1H3,(H,30,37)(H2,29,31,32)/t23-/m0/s1. The number of anilines is 2. The molecular formula is C24H20ClF3N8O2. The molecule has 14 heteroatoms. The summed E-state index contributed by atoms with van der Waals surface area (Å²) in [5, 5.41) is 7.54. The van der Waals surface area contributed by atoms with Gasteiger partial charge in [-0.3, -0.25) is 14.2 Å². The fourth-order valence-electron chi connectivity index (χ4n) is 5.08. The Kier molecular flexibility index (Phi) is 5.22. The van der Waals surface area contributed by atoms with Gasteiger partial charge in [0.05, 0.1) is 22.0 Å². The van der Waals surface area contributed by atoms with Crippen LogP contribution >= 0.6 is 11.6 Å². The summed E-state index contributed by atoms with van der Waals surface area (Å²) in [5.41, 5.74) is 4.13. The van der Waals surface area contributed by atoms with Gasteiger partial charge < -0.3 is 16.0 Å². The second kappa shape index (κ2) is 8.18. The maximum Gasteiger partial charge on any atom is 0.416 e. The van der Waals surface area contributed by atoms with Gasteiger partial charge in [-0.05, 0) is 37.6 Å². The number of nitrogens with two attached hydrogens (primary N) is 1. The molecule has 1 fully saturated rings. The van der Waals surface area contributed by atoms with E-state index in [2.05, 4.69) is 20.4 Å². The zero-order valence-corrected chi connectivity index (χ0v) is 20.6. The van der Waals surface area contributed by atoms with Gasteiger partial charge in [-0.15, -0.1) is 0 Å². The van der Waals surface area contributed by atoms with Crippen LogP contribution in [0.15, 0.2) is 41.3 Å². The smallest absolute Gasteiger partial charge is 0.368 e. The fraction of sp³-hybridized carbons (Fsp3) is 0.292. The van der Waals surface area contributed by atoms with Gasteiger partial charge in [-0.1, -0.05) is 17.7 Å². The van der Waals surface area contributed by atoms with Crippen LogP contribution < -0.4 is 21.5 Å². The number of nitrogens with one attached hydrogen (secondary N) is 1. The maximum atomic E-state index is 13.8. The molecule has 0 bridgehead atoms. The lowest BCUT2D eigenvalue weighted by Gasteiger charge is -2.51. The van der Waals surface area contributed by atoms with E-state index in [1.54, 1.807) is 11.8 Å². The molecule has 0 saturated carbocycles. The minimum atomic E-state index is -4.62. The molecular weight excluding hydrogens is 525 g/mol. The van der Waals surface area contributed by atoms with Crippen molar-refractivity contribution in [2.45, 2.75) is 31.5 Å². The molecule has 1 saturated heterocycles. The van der Waals surface area contributed by atoms with Gasteiger partial charge in [0, 0.05) is 25.7 Å². The molecule has 38 heavy (non-hydrogen) atoms. The highest BCUT2D eigenvalue weighted by molar-refractivity contribution is 6.33. The Morgan fingerprint density at radius 2 is 1.97 bits per heavy atom. The number of nitrogen functional groups attached to an aromatic ring is 1. The quantitative estimate of drug-likeness (QED) is 0.406. The van der Waals surface area contributed by atoms with Gasteiger partial charge in [0.1, 0.15) is 22.4 Å². The Balaban J connectivity index is 1.60. The number of amides is 1. The van der Waals surface area contributed by atoms with E-state index in [4.69, 9.17) is 17.3 Å². The predicted octanol–water partition coefficient (Wildman–Crippen LogP) is 2.94. The summed E-state index contributed by atoms with van der Waals surface area (Å²) in [7, 11) is 0. The summed E-state index contributed by atoms with van der Waals surface area (Å²) in [6.45, 7) is 2.61. The zero-order chi connectivity index (χ0) is 27.0. The van der Waals surface area contributed by atoms with Crippen LogP contribution in [0.5, 0.6) is 0 Å². The third-order valence-corrected chi connectivity index (χ3v) is 7.39. The number of fused-ring (bicyclic) bond motifs is 2. The first-order valence-electron chi connectivity index (χ1n) is 11.7. The largest absolute Gasteiger partial charge is 0.416 e. The van der Waals surface area contributed by atoms with Crippen LogP contribution in [0.2, 0.25) is 5.02 Å². The van der Waals surface area contributed by atoms with Gasteiger partial charge in [0.15, 0.2) is 5.82 Å². The van der Waals surface area contributed by atoms with Crippen molar-refractivity contribution in [3.63, 3.8) is 0 Å². The lowest BCUT2D eigenvalue weighted by atomic mass is 9.84. The summed E-state index contributed by atoms with van der Waals surface area (Å²) in [5.74, 6) is 0.0499. The molecule has 0 aliphatic carbocycles. The molecule has 1 aromatic carbocycles. The first kappa shape index (κ1) is 24.2. The number of alkyl halides is 3. The Morgan fingerprint density at radius 1 is 1.18 bits per heavy atom. The van der Waals surface area contributed by atoms with Crippen LogP contribution in [0.1, 0.15) is 40.8 Å². The fourth-order valence-corrected chi connectivity index (χ4v) is 5.30. The van der Waals surface area contributed by atoms with Crippen molar-refractivity contribution >= 4 is 34.8 Å². The monoisotopic (exact) mass is 544 g/mol. The van der Waals surface area contributed by atoms with Crippen LogP contribution in [0.4, 0.5) is 24.9 Å². The molecule has 2 aliphatic heterocycles. The van der Waals surface area contributed by atoms with Crippen molar-refractivity contribution in [3.05, 3.63) is 74.6 Å². The van der Waals surface area contributed by atoms with Gasteiger partial charge in [0.25, 0.3) is 11.5 Å². The third-order valence-electron chi connectivity index (χ3n) is 7.08. The first-order chi connectivity index (χ1) is 18.0. The van der Waals surface area contributed by atoms with Crippen LogP contribution in [0.3, 0.4) is 0 Å². The van der Waals surface area contributed by atoms with Crippen LogP contribution in [0.25, 0.3) is 11.2 Å². The predicted molar refractivity (Wildman–Crippen MR) is 133 cm³/mol. The molecule has 5 heterocycles. The number of benzene rings is 1. The summed E-state index contributed by atoms with van der Waals surface area (Å²) >= 11 is 6.25. The van der Waals surface area contributed by atoms with Crippen molar-refractivity contribution in [1.82, 2.24) is 29.5 Å². The molecule has 3 aromatic heterocycles. The Hall–Kier alpha value is -4.13. The Bertz CT molecular complexity index is 1700. The van der Waals surface area contributed by atoms with E-state index >= 15 is 0 Å². The Morgan fingerprint density at radius 3 is 2.68 bits per heavy atom. The van der Waals surface area contributed by atoms with Gasteiger partial charge in [-0.2, -0.15) is 23.3 Å². The first-order valence-corrected chi connectivity index (χ1v) is 12.1. The zero-order valence-electron chi connectivity index (χ0n) is 19.9. The average molecular weight is 545 g/mol. The van der Waals surface area contributed by atoms with E-state index in [0.717, 1.165) is 16.7 Å². The van der Waals surface area contributed by atoms with E-state index < -0.39 is 22.8 Å². The molecule has 6 rings (SSSR count). The number of carbonyl (C=O) groups is 1. The minimum Gasteiger partial charge on any atom is -0.368 e. The van der Waals surface area contributed by atoms with Gasteiger partial charge >= 0.3 is 6.18 Å². The van der Waals surface area contributed by atoms with Crippen molar-refractivity contribution in [3.8, 4) is 5.69 Å². The molecule has 0 unspecified atom stereocenters. The normalized spacial score (nSPS) is 19.3. The lowest BCUT2D eigenvalue weighted by molar-refractivity contribution is -0.137. The second-order valence-corrected chi connectivity index (χ2v) is 9.78. The molecule has 0 radical (unpaired) electrons. The molecule has 3 N–H and O–H groups in total. The number of hydrogen-bond acceptors (Lipinski definition) is 7.